The van der Waals surface area contributed by atoms with Crippen molar-refractivity contribution in [2.45, 2.75) is 70.8 Å². The normalized spacial score (nSPS) is 12.4. The van der Waals surface area contributed by atoms with Gasteiger partial charge in [-0.15, -0.1) is 0 Å². The number of hydrogen-bond acceptors (Lipinski definition) is 6. The first-order valence-corrected chi connectivity index (χ1v) is 11.9. The van der Waals surface area contributed by atoms with E-state index in [1.807, 2.05) is 39.0 Å². The van der Waals surface area contributed by atoms with Crippen LogP contribution in [-0.4, -0.2) is 44.1 Å². The molecule has 0 spiro atoms. The van der Waals surface area contributed by atoms with Crippen LogP contribution in [0.5, 0.6) is 0 Å². The zero-order valence-electron chi connectivity index (χ0n) is 17.6. The largest absolute Gasteiger partial charge is 0.464 e. The van der Waals surface area contributed by atoms with Gasteiger partial charge in [-0.25, -0.2) is 18.0 Å². The number of carbonyl (C=O) groups excluding carboxylic acids is 2. The van der Waals surface area contributed by atoms with Gasteiger partial charge in [0, 0.05) is 0 Å². The minimum atomic E-state index is -3.60. The molecule has 0 heterocycles. The highest BCUT2D eigenvalue weighted by atomic mass is 32.2. The van der Waals surface area contributed by atoms with E-state index in [1.54, 1.807) is 12.1 Å². The van der Waals surface area contributed by atoms with Crippen molar-refractivity contribution in [3.63, 3.8) is 0 Å². The Morgan fingerprint density at radius 3 is 2.14 bits per heavy atom. The second kappa shape index (κ2) is 13.2. The van der Waals surface area contributed by atoms with E-state index in [4.69, 9.17) is 9.47 Å². The Labute approximate surface area is 174 Å². The summed E-state index contributed by atoms with van der Waals surface area (Å²) in [7, 11) is -3.60. The lowest BCUT2D eigenvalue weighted by Gasteiger charge is -2.21. The summed E-state index contributed by atoms with van der Waals surface area (Å²) in [6.45, 7) is 5.85. The third-order valence-electron chi connectivity index (χ3n) is 4.37. The number of hydrogen-bond donors (Lipinski definition) is 1. The fraction of sp³-hybridized carbons (Fsp3) is 0.619. The molecule has 0 fully saturated rings. The van der Waals surface area contributed by atoms with Crippen molar-refractivity contribution in [2.75, 3.05) is 12.4 Å². The van der Waals surface area contributed by atoms with Gasteiger partial charge in [-0.1, -0.05) is 63.9 Å². The van der Waals surface area contributed by atoms with Crippen molar-refractivity contribution in [2.24, 2.45) is 0 Å². The van der Waals surface area contributed by atoms with E-state index in [-0.39, 0.29) is 13.2 Å². The summed E-state index contributed by atoms with van der Waals surface area (Å²) in [4.78, 5) is 24.5. The van der Waals surface area contributed by atoms with E-state index in [0.717, 1.165) is 18.4 Å². The molecule has 0 saturated heterocycles. The van der Waals surface area contributed by atoms with E-state index in [9.17, 15) is 18.0 Å². The summed E-state index contributed by atoms with van der Waals surface area (Å²) in [5.74, 6) is -1.26. The third-order valence-corrected chi connectivity index (χ3v) is 6.65. The molecule has 8 heteroatoms. The summed E-state index contributed by atoms with van der Waals surface area (Å²) in [5.41, 5.74) is 0.784. The predicted molar refractivity (Wildman–Crippen MR) is 112 cm³/mol. The molecule has 1 rings (SSSR count). The standard InChI is InChI=1S/C21H33NO6S/c1-4-10-18(11-5-2)29(25,26)16-19(20(23)27-14-6-3)22-21(24)28-15-17-12-8-7-9-13-17/h7-9,12-13,18-19H,4-6,10-11,14-16H2,1-3H3,(H,22,24)/t19-/m1/s1. The number of carbonyl (C=O) groups is 2. The molecule has 29 heavy (non-hydrogen) atoms. The Kier molecular flexibility index (Phi) is 11.3. The Balaban J connectivity index is 2.83. The van der Waals surface area contributed by atoms with Crippen molar-refractivity contribution in [3.05, 3.63) is 35.9 Å². The van der Waals surface area contributed by atoms with Gasteiger partial charge in [0.25, 0.3) is 0 Å². The predicted octanol–water partition coefficient (Wildman–Crippen LogP) is 3.62. The van der Waals surface area contributed by atoms with Crippen LogP contribution in [0.15, 0.2) is 30.3 Å². The lowest BCUT2D eigenvalue weighted by Crippen LogP contribution is -2.48. The Morgan fingerprint density at radius 1 is 0.966 bits per heavy atom. The van der Waals surface area contributed by atoms with Gasteiger partial charge in [0.15, 0.2) is 9.84 Å². The fourth-order valence-electron chi connectivity index (χ4n) is 2.89. The molecule has 1 amide bonds. The molecule has 0 bridgehead atoms. The molecular formula is C21H33NO6S. The summed E-state index contributed by atoms with van der Waals surface area (Å²) < 4.78 is 35.9. The second-order valence-corrected chi connectivity index (χ2v) is 9.28. The molecule has 0 unspecified atom stereocenters. The van der Waals surface area contributed by atoms with Gasteiger partial charge in [0.05, 0.1) is 17.6 Å². The molecule has 0 saturated carbocycles. The van der Waals surface area contributed by atoms with Gasteiger partial charge in [-0.2, -0.15) is 0 Å². The fourth-order valence-corrected chi connectivity index (χ4v) is 5.04. The maximum absolute atomic E-state index is 12.9. The molecule has 1 N–H and O–H groups in total. The molecule has 1 aromatic rings. The van der Waals surface area contributed by atoms with Crippen LogP contribution in [0.4, 0.5) is 4.79 Å². The topological polar surface area (TPSA) is 98.8 Å². The third kappa shape index (κ3) is 9.30. The minimum Gasteiger partial charge on any atom is -0.464 e. The van der Waals surface area contributed by atoms with Gasteiger partial charge < -0.3 is 14.8 Å². The summed E-state index contributed by atoms with van der Waals surface area (Å²) in [5, 5.41) is 1.84. The quantitative estimate of drug-likeness (QED) is 0.483. The number of ether oxygens (including phenoxy) is 2. The van der Waals surface area contributed by atoms with E-state index in [1.165, 1.54) is 0 Å². The molecule has 1 aromatic carbocycles. The molecule has 7 nitrogen and oxygen atoms in total. The molecule has 0 aliphatic heterocycles. The van der Waals surface area contributed by atoms with Gasteiger partial charge in [0.1, 0.15) is 12.6 Å². The first-order valence-electron chi connectivity index (χ1n) is 10.2. The van der Waals surface area contributed by atoms with Crippen LogP contribution in [0.3, 0.4) is 0 Å². The number of nitrogens with one attached hydrogen (secondary N) is 1. The van der Waals surface area contributed by atoms with E-state index in [2.05, 4.69) is 5.32 Å². The highest BCUT2D eigenvalue weighted by Crippen LogP contribution is 2.17. The van der Waals surface area contributed by atoms with Crippen LogP contribution in [0.1, 0.15) is 58.4 Å². The second-order valence-electron chi connectivity index (χ2n) is 6.96. The highest BCUT2D eigenvalue weighted by molar-refractivity contribution is 7.92. The van der Waals surface area contributed by atoms with Crippen LogP contribution in [0.2, 0.25) is 0 Å². The summed E-state index contributed by atoms with van der Waals surface area (Å²) >= 11 is 0. The molecule has 164 valence electrons. The van der Waals surface area contributed by atoms with Crippen LogP contribution in [0.25, 0.3) is 0 Å². The Bertz CT molecular complexity index is 714. The lowest BCUT2D eigenvalue weighted by molar-refractivity contribution is -0.145. The summed E-state index contributed by atoms with van der Waals surface area (Å²) in [6, 6.07) is 7.77. The maximum atomic E-state index is 12.9. The summed E-state index contributed by atoms with van der Waals surface area (Å²) in [6.07, 6.45) is 2.22. The van der Waals surface area contributed by atoms with E-state index < -0.39 is 38.9 Å². The molecule has 0 aliphatic carbocycles. The number of rotatable bonds is 13. The van der Waals surface area contributed by atoms with Crippen LogP contribution in [0, 0.1) is 0 Å². The Hall–Kier alpha value is -2.09. The monoisotopic (exact) mass is 427 g/mol. The van der Waals surface area contributed by atoms with Crippen molar-refractivity contribution in [1.82, 2.24) is 5.32 Å². The van der Waals surface area contributed by atoms with Crippen LogP contribution >= 0.6 is 0 Å². The first kappa shape index (κ1) is 24.9. The zero-order valence-corrected chi connectivity index (χ0v) is 18.4. The number of benzene rings is 1. The molecule has 1 atom stereocenters. The van der Waals surface area contributed by atoms with Gasteiger partial charge in [-0.05, 0) is 24.8 Å². The number of esters is 1. The Morgan fingerprint density at radius 2 is 1.59 bits per heavy atom. The minimum absolute atomic E-state index is 0.0183. The van der Waals surface area contributed by atoms with E-state index >= 15 is 0 Å². The molecular weight excluding hydrogens is 394 g/mol. The number of alkyl carbamates (subject to hydrolysis) is 1. The molecule has 0 radical (unpaired) electrons. The maximum Gasteiger partial charge on any atom is 0.408 e. The van der Waals surface area contributed by atoms with Gasteiger partial charge in [-0.3, -0.25) is 0 Å². The molecule has 0 aliphatic rings. The number of amides is 1. The SMILES string of the molecule is CCCOC(=O)[C@@H](CS(=O)(=O)C(CCC)CCC)NC(=O)OCc1ccccc1. The smallest absolute Gasteiger partial charge is 0.408 e. The zero-order chi connectivity index (χ0) is 21.7. The van der Waals surface area contributed by atoms with Crippen molar-refractivity contribution >= 4 is 21.9 Å². The van der Waals surface area contributed by atoms with Crippen LogP contribution < -0.4 is 5.32 Å². The average Bonchev–Trinajstić information content (AvgIpc) is 2.70. The van der Waals surface area contributed by atoms with Crippen molar-refractivity contribution in [3.8, 4) is 0 Å². The van der Waals surface area contributed by atoms with Crippen molar-refractivity contribution in [1.29, 1.82) is 0 Å². The van der Waals surface area contributed by atoms with Crippen LogP contribution in [-0.2, 0) is 30.7 Å². The first-order chi connectivity index (χ1) is 13.8. The van der Waals surface area contributed by atoms with Crippen molar-refractivity contribution < 1.29 is 27.5 Å². The van der Waals surface area contributed by atoms with E-state index in [0.29, 0.717) is 19.3 Å². The van der Waals surface area contributed by atoms with Gasteiger partial charge in [0.2, 0.25) is 0 Å². The highest BCUT2D eigenvalue weighted by Gasteiger charge is 2.33. The van der Waals surface area contributed by atoms with Gasteiger partial charge >= 0.3 is 12.1 Å². The average molecular weight is 428 g/mol. The lowest BCUT2D eigenvalue weighted by atomic mass is 10.2. The molecule has 0 aromatic heterocycles. The number of sulfone groups is 1.